The molecule has 0 saturated carbocycles. The largest absolute Gasteiger partial charge is 0.545 e. The van der Waals surface area contributed by atoms with Crippen LogP contribution in [-0.2, 0) is 14.3 Å². The lowest BCUT2D eigenvalue weighted by Crippen LogP contribution is -2.26. The van der Waals surface area contributed by atoms with Crippen LogP contribution in [0.15, 0.2) is 12.2 Å². The van der Waals surface area contributed by atoms with E-state index in [0.29, 0.717) is 19.2 Å². The van der Waals surface area contributed by atoms with Gasteiger partial charge >= 0.3 is 0 Å². The number of carboxylic acids is 1. The number of methoxy groups -OCH3 is 1. The Morgan fingerprint density at radius 2 is 2.17 bits per heavy atom. The Kier molecular flexibility index (Phi) is 5.64. The van der Waals surface area contributed by atoms with Crippen LogP contribution >= 0.6 is 0 Å². The number of carbonyl (C=O) groups is 2. The Morgan fingerprint density at radius 1 is 1.50 bits per heavy atom. The second kappa shape index (κ2) is 6.36. The van der Waals surface area contributed by atoms with Gasteiger partial charge in [0.2, 0.25) is 5.91 Å². The summed E-state index contributed by atoms with van der Waals surface area (Å²) < 4.78 is 4.65. The number of carbonyl (C=O) groups excluding carboxylic acids is 2. The van der Waals surface area contributed by atoms with E-state index in [-0.39, 0.29) is 0 Å². The highest BCUT2D eigenvalue weighted by Gasteiger charge is 1.91. The van der Waals surface area contributed by atoms with Gasteiger partial charge < -0.3 is 20.0 Å². The number of ether oxygens (including phenoxy) is 1. The molecule has 1 N–H and O–H groups in total. The third kappa shape index (κ3) is 6.76. The van der Waals surface area contributed by atoms with Gasteiger partial charge in [0.25, 0.3) is 0 Å². The Hall–Kier alpha value is -1.36. The van der Waals surface area contributed by atoms with Gasteiger partial charge in [-0.3, -0.25) is 4.79 Å². The Morgan fingerprint density at radius 3 is 2.67 bits per heavy atom. The van der Waals surface area contributed by atoms with Crippen molar-refractivity contribution in [2.24, 2.45) is 0 Å². The van der Waals surface area contributed by atoms with E-state index in [9.17, 15) is 14.7 Å². The van der Waals surface area contributed by atoms with Crippen LogP contribution in [0.2, 0.25) is 0 Å². The van der Waals surface area contributed by atoms with Crippen molar-refractivity contribution in [1.29, 1.82) is 0 Å². The first-order valence-corrected chi connectivity index (χ1v) is 3.32. The molecule has 0 aromatic rings. The number of aliphatic carboxylic acids is 1. The van der Waals surface area contributed by atoms with Crippen molar-refractivity contribution >= 4 is 11.9 Å². The lowest BCUT2D eigenvalue weighted by Gasteiger charge is -1.99. The Balaban J connectivity index is 3.53. The molecule has 0 aliphatic carbocycles. The predicted molar refractivity (Wildman–Crippen MR) is 39.0 cm³/mol. The van der Waals surface area contributed by atoms with Crippen LogP contribution in [0.5, 0.6) is 0 Å². The van der Waals surface area contributed by atoms with E-state index in [4.69, 9.17) is 0 Å². The molecule has 0 spiro atoms. The van der Waals surface area contributed by atoms with Gasteiger partial charge in [0.05, 0.1) is 12.6 Å². The zero-order chi connectivity index (χ0) is 9.40. The number of hydrogen-bond acceptors (Lipinski definition) is 4. The van der Waals surface area contributed by atoms with Crippen LogP contribution in [0, 0.1) is 0 Å². The molecule has 0 atom stereocenters. The maximum Gasteiger partial charge on any atom is 0.244 e. The molecule has 0 rings (SSSR count). The number of carboxylic acid groups (broad SMARTS) is 1. The van der Waals surface area contributed by atoms with Gasteiger partial charge in [0.1, 0.15) is 0 Å². The lowest BCUT2D eigenvalue weighted by atomic mass is 10.4. The lowest BCUT2D eigenvalue weighted by molar-refractivity contribution is -0.297. The van der Waals surface area contributed by atoms with Gasteiger partial charge in [-0.05, 0) is 6.08 Å². The average molecular weight is 172 g/mol. The van der Waals surface area contributed by atoms with Crippen molar-refractivity contribution in [3.8, 4) is 0 Å². The third-order valence-corrected chi connectivity index (χ3v) is 0.976. The summed E-state index contributed by atoms with van der Waals surface area (Å²) in [4.78, 5) is 20.5. The van der Waals surface area contributed by atoms with E-state index in [1.54, 1.807) is 0 Å². The smallest absolute Gasteiger partial charge is 0.244 e. The van der Waals surface area contributed by atoms with Crippen LogP contribution in [0.1, 0.15) is 0 Å². The molecule has 0 aromatic carbocycles. The van der Waals surface area contributed by atoms with Crippen molar-refractivity contribution in [1.82, 2.24) is 5.32 Å². The molecule has 0 unspecified atom stereocenters. The van der Waals surface area contributed by atoms with Crippen LogP contribution in [0.3, 0.4) is 0 Å². The zero-order valence-corrected chi connectivity index (χ0v) is 6.70. The summed E-state index contributed by atoms with van der Waals surface area (Å²) in [5.41, 5.74) is 0. The molecule has 0 bridgehead atoms. The molecule has 0 aliphatic heterocycles. The molecule has 0 aromatic heterocycles. The Bertz CT molecular complexity index is 188. The van der Waals surface area contributed by atoms with Gasteiger partial charge in [-0.2, -0.15) is 0 Å². The minimum absolute atomic E-state index is 0.354. The molecule has 0 aliphatic rings. The van der Waals surface area contributed by atoms with E-state index >= 15 is 0 Å². The van der Waals surface area contributed by atoms with Crippen molar-refractivity contribution < 1.29 is 19.4 Å². The van der Waals surface area contributed by atoms with Gasteiger partial charge in [-0.25, -0.2) is 0 Å². The molecule has 5 heteroatoms. The summed E-state index contributed by atoms with van der Waals surface area (Å²) in [6, 6.07) is 0. The summed E-state index contributed by atoms with van der Waals surface area (Å²) in [5.74, 6) is -1.87. The highest BCUT2D eigenvalue weighted by atomic mass is 16.5. The summed E-state index contributed by atoms with van der Waals surface area (Å²) in [5, 5.41) is 12.2. The summed E-state index contributed by atoms with van der Waals surface area (Å²) in [6.45, 7) is 0.748. The average Bonchev–Trinajstić information content (AvgIpc) is 2.01. The highest BCUT2D eigenvalue weighted by Crippen LogP contribution is 1.72. The van der Waals surface area contributed by atoms with Crippen molar-refractivity contribution in [3.05, 3.63) is 12.2 Å². The van der Waals surface area contributed by atoms with E-state index in [1.165, 1.54) is 7.11 Å². The van der Waals surface area contributed by atoms with E-state index in [1.807, 2.05) is 0 Å². The van der Waals surface area contributed by atoms with Crippen LogP contribution < -0.4 is 10.4 Å². The number of hydrogen-bond donors (Lipinski definition) is 1. The summed E-state index contributed by atoms with van der Waals surface area (Å²) in [7, 11) is 1.50. The molecule has 12 heavy (non-hydrogen) atoms. The zero-order valence-electron chi connectivity index (χ0n) is 6.70. The maximum absolute atomic E-state index is 10.7. The van der Waals surface area contributed by atoms with Crippen molar-refractivity contribution in [3.63, 3.8) is 0 Å². The molecule has 0 saturated heterocycles. The monoisotopic (exact) mass is 172 g/mol. The second-order valence-corrected chi connectivity index (χ2v) is 1.94. The molecule has 0 heterocycles. The first-order chi connectivity index (χ1) is 5.66. The van der Waals surface area contributed by atoms with E-state index < -0.39 is 11.9 Å². The van der Waals surface area contributed by atoms with Gasteiger partial charge in [0, 0.05) is 19.7 Å². The quantitative estimate of drug-likeness (QED) is 0.386. The first kappa shape index (κ1) is 10.6. The second-order valence-electron chi connectivity index (χ2n) is 1.94. The van der Waals surface area contributed by atoms with E-state index in [0.717, 1.165) is 6.08 Å². The number of amides is 1. The van der Waals surface area contributed by atoms with Crippen molar-refractivity contribution in [2.45, 2.75) is 0 Å². The fourth-order valence-corrected chi connectivity index (χ4v) is 0.479. The molecule has 1 amide bonds. The molecular formula is C7H10NO4-. The minimum atomic E-state index is -1.39. The van der Waals surface area contributed by atoms with Crippen LogP contribution in [-0.4, -0.2) is 32.1 Å². The van der Waals surface area contributed by atoms with Crippen molar-refractivity contribution in [2.75, 3.05) is 20.3 Å². The fraction of sp³-hybridized carbons (Fsp3) is 0.429. The molecular weight excluding hydrogens is 162 g/mol. The summed E-state index contributed by atoms with van der Waals surface area (Å²) in [6.07, 6.45) is 1.56. The van der Waals surface area contributed by atoms with E-state index in [2.05, 4.69) is 10.1 Å². The molecule has 0 radical (unpaired) electrons. The maximum atomic E-state index is 10.7. The van der Waals surface area contributed by atoms with Gasteiger partial charge in [-0.1, -0.05) is 0 Å². The normalized spacial score (nSPS) is 10.1. The molecule has 5 nitrogen and oxygen atoms in total. The number of rotatable bonds is 5. The first-order valence-electron chi connectivity index (χ1n) is 3.32. The third-order valence-electron chi connectivity index (χ3n) is 0.976. The van der Waals surface area contributed by atoms with Crippen LogP contribution in [0.4, 0.5) is 0 Å². The summed E-state index contributed by atoms with van der Waals surface area (Å²) >= 11 is 0. The topological polar surface area (TPSA) is 78.5 Å². The standard InChI is InChI=1S/C7H11NO4/c1-12-5-4-8-6(9)2-3-7(10)11/h2-3H,4-5H2,1H3,(H,8,9)(H,10,11)/p-1. The van der Waals surface area contributed by atoms with Gasteiger partial charge in [0.15, 0.2) is 0 Å². The fourth-order valence-electron chi connectivity index (χ4n) is 0.479. The molecule has 0 fully saturated rings. The SMILES string of the molecule is COCCNC(=O)C=CC(=O)[O-]. The van der Waals surface area contributed by atoms with Crippen LogP contribution in [0.25, 0.3) is 0 Å². The molecule has 68 valence electrons. The predicted octanol–water partition coefficient (Wildman–Crippen LogP) is -1.94. The highest BCUT2D eigenvalue weighted by molar-refractivity contribution is 5.93. The van der Waals surface area contributed by atoms with Gasteiger partial charge in [-0.15, -0.1) is 0 Å². The minimum Gasteiger partial charge on any atom is -0.545 e. The Labute approximate surface area is 70.0 Å². The number of nitrogens with one attached hydrogen (secondary N) is 1.